The normalized spacial score (nSPS) is 14.0. The number of hydrogen-bond donors (Lipinski definition) is 0. The van der Waals surface area contributed by atoms with Crippen LogP contribution in [0.3, 0.4) is 0 Å². The molecule has 0 amide bonds. The van der Waals surface area contributed by atoms with Crippen LogP contribution in [0.2, 0.25) is 0 Å². The molecule has 27 heavy (non-hydrogen) atoms. The minimum Gasteiger partial charge on any atom is -0.457 e. The van der Waals surface area contributed by atoms with E-state index in [1.54, 1.807) is 23.9 Å². The summed E-state index contributed by atoms with van der Waals surface area (Å²) in [5.74, 6) is -0.558. The summed E-state index contributed by atoms with van der Waals surface area (Å²) in [5.41, 5.74) is 1.60. The van der Waals surface area contributed by atoms with Gasteiger partial charge in [0.1, 0.15) is 12.3 Å². The zero-order valence-corrected chi connectivity index (χ0v) is 16.0. The summed E-state index contributed by atoms with van der Waals surface area (Å²) < 4.78 is 5.33. The molecule has 1 heterocycles. The molecule has 3 rings (SSSR count). The molecule has 0 bridgehead atoms. The van der Waals surface area contributed by atoms with Gasteiger partial charge in [0, 0.05) is 24.1 Å². The molecule has 0 aliphatic carbocycles. The molecule has 6 nitrogen and oxygen atoms in total. The molecule has 2 aromatic carbocycles. The molecular formula is C20H22N2O4S. The number of piperidine rings is 1. The Morgan fingerprint density at radius 3 is 2.48 bits per heavy atom. The Hall–Kier alpha value is -2.54. The van der Waals surface area contributed by atoms with Crippen LogP contribution in [0, 0.1) is 10.1 Å². The van der Waals surface area contributed by atoms with Gasteiger partial charge in [-0.3, -0.25) is 10.1 Å². The highest BCUT2D eigenvalue weighted by Crippen LogP contribution is 2.31. The molecule has 1 aliphatic rings. The van der Waals surface area contributed by atoms with Crippen LogP contribution in [0.15, 0.2) is 47.4 Å². The first-order chi connectivity index (χ1) is 13.1. The molecule has 0 saturated carbocycles. The van der Waals surface area contributed by atoms with Crippen molar-refractivity contribution in [2.24, 2.45) is 0 Å². The number of carbonyl (C=O) groups excluding carboxylic acids is 1. The van der Waals surface area contributed by atoms with Crippen molar-refractivity contribution in [3.8, 4) is 0 Å². The smallest absolute Gasteiger partial charge is 0.338 e. The fraction of sp³-hybridized carbons (Fsp3) is 0.350. The van der Waals surface area contributed by atoms with Gasteiger partial charge < -0.3 is 9.64 Å². The molecule has 0 spiro atoms. The molecule has 0 aromatic heterocycles. The first-order valence-electron chi connectivity index (χ1n) is 8.92. The van der Waals surface area contributed by atoms with Crippen molar-refractivity contribution in [3.63, 3.8) is 0 Å². The van der Waals surface area contributed by atoms with Crippen LogP contribution < -0.4 is 4.90 Å². The second-order valence-corrected chi connectivity index (χ2v) is 7.31. The van der Waals surface area contributed by atoms with Crippen LogP contribution >= 0.6 is 11.8 Å². The summed E-state index contributed by atoms with van der Waals surface area (Å²) in [6.45, 7) is 1.74. The zero-order chi connectivity index (χ0) is 19.2. The van der Waals surface area contributed by atoms with Crippen molar-refractivity contribution in [3.05, 3.63) is 63.7 Å². The summed E-state index contributed by atoms with van der Waals surface area (Å²) in [6.07, 6.45) is 5.19. The Bertz CT molecular complexity index is 817. The van der Waals surface area contributed by atoms with Gasteiger partial charge in [-0.15, -0.1) is 11.8 Å². The number of benzene rings is 2. The first-order valence-corrected chi connectivity index (χ1v) is 10.1. The van der Waals surface area contributed by atoms with E-state index in [-0.39, 0.29) is 17.9 Å². The fourth-order valence-electron chi connectivity index (χ4n) is 3.15. The topological polar surface area (TPSA) is 72.7 Å². The highest BCUT2D eigenvalue weighted by molar-refractivity contribution is 7.98. The van der Waals surface area contributed by atoms with E-state index in [0.29, 0.717) is 5.69 Å². The number of nitro benzene ring substituents is 1. The van der Waals surface area contributed by atoms with Crippen molar-refractivity contribution >= 4 is 29.1 Å². The predicted molar refractivity (Wildman–Crippen MR) is 107 cm³/mol. The number of anilines is 1. The lowest BCUT2D eigenvalue weighted by Crippen LogP contribution is -2.30. The summed E-state index contributed by atoms with van der Waals surface area (Å²) in [4.78, 5) is 26.6. The Labute approximate surface area is 162 Å². The average molecular weight is 386 g/mol. The number of hydrogen-bond acceptors (Lipinski definition) is 6. The summed E-state index contributed by atoms with van der Waals surface area (Å²) >= 11 is 1.64. The van der Waals surface area contributed by atoms with Crippen LogP contribution in [0.4, 0.5) is 11.4 Å². The molecule has 1 fully saturated rings. The molecule has 1 saturated heterocycles. The number of thioether (sulfide) groups is 1. The third-order valence-corrected chi connectivity index (χ3v) is 5.38. The van der Waals surface area contributed by atoms with Crippen molar-refractivity contribution < 1.29 is 14.5 Å². The number of nitrogens with zero attached hydrogens (tertiary/aromatic N) is 2. The van der Waals surface area contributed by atoms with Crippen LogP contribution in [-0.4, -0.2) is 30.2 Å². The molecular weight excluding hydrogens is 364 g/mol. The monoisotopic (exact) mass is 386 g/mol. The van der Waals surface area contributed by atoms with Crippen molar-refractivity contribution in [1.82, 2.24) is 0 Å². The van der Waals surface area contributed by atoms with E-state index in [1.165, 1.54) is 6.07 Å². The van der Waals surface area contributed by atoms with E-state index in [2.05, 4.69) is 0 Å². The van der Waals surface area contributed by atoms with Crippen LogP contribution in [0.5, 0.6) is 0 Å². The van der Waals surface area contributed by atoms with Crippen molar-refractivity contribution in [1.29, 1.82) is 0 Å². The van der Waals surface area contributed by atoms with Gasteiger partial charge in [-0.1, -0.05) is 12.1 Å². The molecule has 0 radical (unpaired) electrons. The average Bonchev–Trinajstić information content (AvgIpc) is 2.72. The lowest BCUT2D eigenvalue weighted by atomic mass is 10.1. The minimum absolute atomic E-state index is 0.0457. The van der Waals surface area contributed by atoms with Crippen molar-refractivity contribution in [2.45, 2.75) is 30.8 Å². The Balaban J connectivity index is 1.72. The molecule has 2 aromatic rings. The molecule has 0 atom stereocenters. The molecule has 0 N–H and O–H groups in total. The lowest BCUT2D eigenvalue weighted by molar-refractivity contribution is -0.384. The fourth-order valence-corrected chi connectivity index (χ4v) is 3.56. The maximum absolute atomic E-state index is 12.3. The van der Waals surface area contributed by atoms with E-state index in [4.69, 9.17) is 4.74 Å². The van der Waals surface area contributed by atoms with Gasteiger partial charge >= 0.3 is 5.97 Å². The van der Waals surface area contributed by atoms with Gasteiger partial charge in [0.2, 0.25) is 0 Å². The molecule has 142 valence electrons. The number of nitro groups is 1. The summed E-state index contributed by atoms with van der Waals surface area (Å²) in [6, 6.07) is 12.3. The van der Waals surface area contributed by atoms with Gasteiger partial charge in [-0.25, -0.2) is 4.79 Å². The minimum atomic E-state index is -0.558. The first kappa shape index (κ1) is 19.2. The number of carbonyl (C=O) groups is 1. The SMILES string of the molecule is CSc1ccc(COC(=O)c2ccc(N3CCCCC3)c([N+](=O)[O-])c2)cc1. The third kappa shape index (κ3) is 4.80. The van der Waals surface area contributed by atoms with Gasteiger partial charge in [0.05, 0.1) is 10.5 Å². The second kappa shape index (κ2) is 8.90. The zero-order valence-electron chi connectivity index (χ0n) is 15.2. The molecule has 7 heteroatoms. The molecule has 0 unspecified atom stereocenters. The van der Waals surface area contributed by atoms with Crippen LogP contribution in [0.25, 0.3) is 0 Å². The summed E-state index contributed by atoms with van der Waals surface area (Å²) in [7, 11) is 0. The Morgan fingerprint density at radius 1 is 1.15 bits per heavy atom. The molecule has 1 aliphatic heterocycles. The van der Waals surface area contributed by atoms with Gasteiger partial charge in [0.15, 0.2) is 0 Å². The number of esters is 1. The number of rotatable bonds is 6. The van der Waals surface area contributed by atoms with Gasteiger partial charge in [0.25, 0.3) is 5.69 Å². The van der Waals surface area contributed by atoms with E-state index >= 15 is 0 Å². The maximum Gasteiger partial charge on any atom is 0.338 e. The van der Waals surface area contributed by atoms with Crippen LogP contribution in [0.1, 0.15) is 35.2 Å². The predicted octanol–water partition coefficient (Wildman–Crippen LogP) is 4.66. The second-order valence-electron chi connectivity index (χ2n) is 6.43. The van der Waals surface area contributed by atoms with E-state index in [0.717, 1.165) is 42.8 Å². The van der Waals surface area contributed by atoms with E-state index in [9.17, 15) is 14.9 Å². The van der Waals surface area contributed by atoms with Crippen LogP contribution in [-0.2, 0) is 11.3 Å². The van der Waals surface area contributed by atoms with E-state index in [1.807, 2.05) is 35.4 Å². The highest BCUT2D eigenvalue weighted by atomic mass is 32.2. The third-order valence-electron chi connectivity index (χ3n) is 4.63. The van der Waals surface area contributed by atoms with Gasteiger partial charge in [-0.05, 0) is 55.3 Å². The van der Waals surface area contributed by atoms with Crippen molar-refractivity contribution in [2.75, 3.05) is 24.2 Å². The van der Waals surface area contributed by atoms with Gasteiger partial charge in [-0.2, -0.15) is 0 Å². The number of ether oxygens (including phenoxy) is 1. The lowest BCUT2D eigenvalue weighted by Gasteiger charge is -2.28. The quantitative estimate of drug-likeness (QED) is 0.311. The van der Waals surface area contributed by atoms with E-state index < -0.39 is 10.9 Å². The Kier molecular flexibility index (Phi) is 6.34. The standard InChI is InChI=1S/C20H22N2O4S/c1-27-17-8-5-15(6-9-17)14-26-20(23)16-7-10-18(19(13-16)22(24)25)21-11-3-2-4-12-21/h5-10,13H,2-4,11-12,14H2,1H3. The Morgan fingerprint density at radius 2 is 1.85 bits per heavy atom. The summed E-state index contributed by atoms with van der Waals surface area (Å²) in [5, 5.41) is 11.5. The maximum atomic E-state index is 12.3. The highest BCUT2D eigenvalue weighted by Gasteiger charge is 2.23. The largest absolute Gasteiger partial charge is 0.457 e.